The number of oxazole rings is 1. The molecule has 0 amide bonds. The second-order valence-corrected chi connectivity index (χ2v) is 6.88. The summed E-state index contributed by atoms with van der Waals surface area (Å²) in [6.45, 7) is 10.1. The monoisotopic (exact) mass is 289 g/mol. The van der Waals surface area contributed by atoms with Crippen LogP contribution < -0.4 is 0 Å². The van der Waals surface area contributed by atoms with Gasteiger partial charge in [0.15, 0.2) is 5.76 Å². The molecule has 0 aliphatic carbocycles. The third-order valence-electron chi connectivity index (χ3n) is 4.00. The Morgan fingerprint density at radius 2 is 2.19 bits per heavy atom. The Bertz CT molecular complexity index is 609. The van der Waals surface area contributed by atoms with E-state index in [9.17, 15) is 0 Å². The van der Waals surface area contributed by atoms with Gasteiger partial charge in [0.2, 0.25) is 5.89 Å². The van der Waals surface area contributed by atoms with Crippen LogP contribution in [0.1, 0.15) is 62.7 Å². The molecule has 0 bridgehead atoms. The van der Waals surface area contributed by atoms with Crippen LogP contribution in [0.4, 0.5) is 0 Å². The molecule has 0 radical (unpaired) electrons. The Labute approximate surface area is 125 Å². The fraction of sp³-hybridized carbons (Fsp3) is 0.625. The van der Waals surface area contributed by atoms with Crippen molar-refractivity contribution in [2.75, 3.05) is 6.54 Å². The minimum atomic E-state index is 0.0220. The molecule has 0 aromatic carbocycles. The van der Waals surface area contributed by atoms with Crippen molar-refractivity contribution >= 4 is 0 Å². The maximum atomic E-state index is 5.64. The van der Waals surface area contributed by atoms with E-state index in [1.165, 1.54) is 0 Å². The Hall–Kier alpha value is -1.62. The van der Waals surface area contributed by atoms with Crippen molar-refractivity contribution in [3.63, 3.8) is 0 Å². The zero-order valence-electron chi connectivity index (χ0n) is 13.2. The van der Waals surface area contributed by atoms with Crippen molar-refractivity contribution in [3.05, 3.63) is 35.4 Å². The lowest BCUT2D eigenvalue weighted by Gasteiger charge is -2.20. The molecule has 5 heteroatoms. The SMILES string of the molecule is Cc1cc(C2CCCN2Cc2nc(C(C)(C)C)co2)on1. The normalized spacial score (nSPS) is 20.3. The summed E-state index contributed by atoms with van der Waals surface area (Å²) in [5.74, 6) is 1.73. The van der Waals surface area contributed by atoms with E-state index >= 15 is 0 Å². The Morgan fingerprint density at radius 3 is 2.81 bits per heavy atom. The first-order valence-electron chi connectivity index (χ1n) is 7.55. The van der Waals surface area contributed by atoms with E-state index in [4.69, 9.17) is 8.94 Å². The zero-order valence-corrected chi connectivity index (χ0v) is 13.2. The van der Waals surface area contributed by atoms with E-state index in [1.807, 2.05) is 13.0 Å². The number of aromatic nitrogens is 2. The highest BCUT2D eigenvalue weighted by Gasteiger charge is 2.30. The molecule has 3 rings (SSSR count). The number of nitrogens with zero attached hydrogens (tertiary/aromatic N) is 3. The van der Waals surface area contributed by atoms with Crippen molar-refractivity contribution in [2.24, 2.45) is 0 Å². The van der Waals surface area contributed by atoms with E-state index in [2.05, 4.69) is 35.8 Å². The molecule has 1 atom stereocenters. The molecule has 114 valence electrons. The molecular weight excluding hydrogens is 266 g/mol. The van der Waals surface area contributed by atoms with Crippen molar-refractivity contribution in [2.45, 2.75) is 58.5 Å². The smallest absolute Gasteiger partial charge is 0.208 e. The topological polar surface area (TPSA) is 55.3 Å². The van der Waals surface area contributed by atoms with Gasteiger partial charge in [0.05, 0.1) is 24.0 Å². The molecular formula is C16H23N3O2. The van der Waals surface area contributed by atoms with Crippen LogP contribution in [0.25, 0.3) is 0 Å². The fourth-order valence-corrected chi connectivity index (χ4v) is 2.78. The van der Waals surface area contributed by atoms with E-state index < -0.39 is 0 Å². The van der Waals surface area contributed by atoms with E-state index in [0.717, 1.165) is 49.0 Å². The highest BCUT2D eigenvalue weighted by molar-refractivity contribution is 5.11. The number of hydrogen-bond acceptors (Lipinski definition) is 5. The molecule has 2 aromatic rings. The molecule has 3 heterocycles. The molecule has 2 aromatic heterocycles. The summed E-state index contributed by atoms with van der Waals surface area (Å²) in [6.07, 6.45) is 4.04. The second-order valence-electron chi connectivity index (χ2n) is 6.88. The largest absolute Gasteiger partial charge is 0.447 e. The molecule has 1 fully saturated rings. The predicted molar refractivity (Wildman–Crippen MR) is 78.8 cm³/mol. The third-order valence-corrected chi connectivity index (χ3v) is 4.00. The second kappa shape index (κ2) is 5.30. The van der Waals surface area contributed by atoms with Gasteiger partial charge >= 0.3 is 0 Å². The van der Waals surface area contributed by atoms with E-state index in [0.29, 0.717) is 0 Å². The van der Waals surface area contributed by atoms with Crippen LogP contribution in [0, 0.1) is 6.92 Å². The summed E-state index contributed by atoms with van der Waals surface area (Å²) < 4.78 is 11.1. The summed E-state index contributed by atoms with van der Waals surface area (Å²) in [5.41, 5.74) is 1.96. The molecule has 1 aliphatic rings. The highest BCUT2D eigenvalue weighted by Crippen LogP contribution is 2.33. The van der Waals surface area contributed by atoms with Crippen LogP contribution in [-0.2, 0) is 12.0 Å². The lowest BCUT2D eigenvalue weighted by molar-refractivity contribution is 0.190. The summed E-state index contributed by atoms with van der Waals surface area (Å²) in [6, 6.07) is 2.32. The van der Waals surface area contributed by atoms with Gasteiger partial charge in [-0.15, -0.1) is 0 Å². The molecule has 5 nitrogen and oxygen atoms in total. The summed E-state index contributed by atoms with van der Waals surface area (Å²) in [7, 11) is 0. The van der Waals surface area contributed by atoms with Crippen LogP contribution >= 0.6 is 0 Å². The van der Waals surface area contributed by atoms with Crippen molar-refractivity contribution in [1.29, 1.82) is 0 Å². The molecule has 1 aliphatic heterocycles. The standard InChI is InChI=1S/C16H23N3O2/c1-11-8-13(21-18-11)12-6-5-7-19(12)9-15-17-14(10-20-15)16(2,3)4/h8,10,12H,5-7,9H2,1-4H3. The Balaban J connectivity index is 1.73. The average Bonchev–Trinajstić information content (AvgIpc) is 3.08. The van der Waals surface area contributed by atoms with Gasteiger partial charge in [0.25, 0.3) is 0 Å². The maximum absolute atomic E-state index is 5.64. The fourth-order valence-electron chi connectivity index (χ4n) is 2.78. The Kier molecular flexibility index (Phi) is 3.61. The maximum Gasteiger partial charge on any atom is 0.208 e. The molecule has 21 heavy (non-hydrogen) atoms. The number of likely N-dealkylation sites (tertiary alicyclic amines) is 1. The van der Waals surface area contributed by atoms with E-state index in [-0.39, 0.29) is 11.5 Å². The molecule has 1 saturated heterocycles. The predicted octanol–water partition coefficient (Wildman–Crippen LogP) is 3.61. The molecule has 0 spiro atoms. The van der Waals surface area contributed by atoms with Crippen LogP contribution in [0.2, 0.25) is 0 Å². The van der Waals surface area contributed by atoms with Crippen molar-refractivity contribution in [3.8, 4) is 0 Å². The summed E-state index contributed by atoms with van der Waals surface area (Å²) >= 11 is 0. The average molecular weight is 289 g/mol. The quantitative estimate of drug-likeness (QED) is 0.864. The molecule has 1 unspecified atom stereocenters. The van der Waals surface area contributed by atoms with E-state index in [1.54, 1.807) is 6.26 Å². The van der Waals surface area contributed by atoms with Gasteiger partial charge in [-0.2, -0.15) is 0 Å². The number of hydrogen-bond donors (Lipinski definition) is 0. The van der Waals surface area contributed by atoms with Gasteiger partial charge in [-0.3, -0.25) is 4.90 Å². The van der Waals surface area contributed by atoms with Gasteiger partial charge in [0, 0.05) is 11.5 Å². The van der Waals surface area contributed by atoms with Gasteiger partial charge in [-0.1, -0.05) is 25.9 Å². The lowest BCUT2D eigenvalue weighted by atomic mass is 9.93. The first-order chi connectivity index (χ1) is 9.93. The number of rotatable bonds is 3. The van der Waals surface area contributed by atoms with Crippen molar-refractivity contribution < 1.29 is 8.94 Å². The summed E-state index contributed by atoms with van der Waals surface area (Å²) in [4.78, 5) is 6.98. The number of aryl methyl sites for hydroxylation is 1. The first kappa shape index (κ1) is 14.3. The minimum Gasteiger partial charge on any atom is -0.447 e. The van der Waals surface area contributed by atoms with Gasteiger partial charge in [-0.05, 0) is 26.3 Å². The highest BCUT2D eigenvalue weighted by atomic mass is 16.5. The first-order valence-corrected chi connectivity index (χ1v) is 7.55. The third kappa shape index (κ3) is 3.02. The van der Waals surface area contributed by atoms with Crippen LogP contribution in [0.3, 0.4) is 0 Å². The van der Waals surface area contributed by atoms with Crippen LogP contribution in [-0.4, -0.2) is 21.6 Å². The van der Waals surface area contributed by atoms with Gasteiger partial charge in [-0.25, -0.2) is 4.98 Å². The molecule has 0 saturated carbocycles. The van der Waals surface area contributed by atoms with Crippen molar-refractivity contribution in [1.82, 2.24) is 15.0 Å². The molecule has 0 N–H and O–H groups in total. The van der Waals surface area contributed by atoms with Crippen LogP contribution in [0.5, 0.6) is 0 Å². The minimum absolute atomic E-state index is 0.0220. The van der Waals surface area contributed by atoms with Gasteiger partial charge < -0.3 is 8.94 Å². The Morgan fingerprint density at radius 1 is 1.38 bits per heavy atom. The zero-order chi connectivity index (χ0) is 15.0. The summed E-state index contributed by atoms with van der Waals surface area (Å²) in [5, 5.41) is 4.00. The van der Waals surface area contributed by atoms with Crippen LogP contribution in [0.15, 0.2) is 21.3 Å². The van der Waals surface area contributed by atoms with Gasteiger partial charge in [0.1, 0.15) is 6.26 Å². The lowest BCUT2D eigenvalue weighted by Crippen LogP contribution is -2.23.